The van der Waals surface area contributed by atoms with Crippen LogP contribution in [0.25, 0.3) is 0 Å². The molecule has 1 saturated heterocycles. The zero-order valence-electron chi connectivity index (χ0n) is 10.7. The number of nitrogens with zero attached hydrogens (tertiary/aromatic N) is 1. The lowest BCUT2D eigenvalue weighted by Crippen LogP contribution is -2.50. The van der Waals surface area contributed by atoms with Gasteiger partial charge in [0.25, 0.3) is 5.91 Å². The van der Waals surface area contributed by atoms with Crippen molar-refractivity contribution in [3.05, 3.63) is 29.6 Å². The van der Waals surface area contributed by atoms with Crippen molar-refractivity contribution in [1.82, 2.24) is 4.90 Å². The first-order valence-electron chi connectivity index (χ1n) is 6.15. The first-order valence-corrected chi connectivity index (χ1v) is 6.15. The molecule has 1 aromatic rings. The second kappa shape index (κ2) is 5.99. The van der Waals surface area contributed by atoms with E-state index in [9.17, 15) is 14.3 Å². The van der Waals surface area contributed by atoms with Gasteiger partial charge >= 0.3 is 0 Å². The Balaban J connectivity index is 2.30. The Bertz CT molecular complexity index is 467. The average molecular weight is 268 g/mol. The lowest BCUT2D eigenvalue weighted by Gasteiger charge is -2.34. The molecule has 2 N–H and O–H groups in total. The highest BCUT2D eigenvalue weighted by molar-refractivity contribution is 6.00. The third-order valence-corrected chi connectivity index (χ3v) is 3.19. The third kappa shape index (κ3) is 2.69. The van der Waals surface area contributed by atoms with Gasteiger partial charge in [-0.15, -0.1) is 0 Å². The Morgan fingerprint density at radius 1 is 1.63 bits per heavy atom. The molecule has 19 heavy (non-hydrogen) atoms. The number of aliphatic hydroxyl groups excluding tert-OH is 1. The largest absolute Gasteiger partial charge is 0.394 e. The van der Waals surface area contributed by atoms with E-state index in [2.05, 4.69) is 5.32 Å². The molecule has 0 spiro atoms. The topological polar surface area (TPSA) is 61.8 Å². The van der Waals surface area contributed by atoms with Crippen molar-refractivity contribution in [1.29, 1.82) is 0 Å². The molecule has 104 valence electrons. The number of benzene rings is 1. The molecule has 1 atom stereocenters. The van der Waals surface area contributed by atoms with Crippen molar-refractivity contribution in [2.24, 2.45) is 0 Å². The molecule has 1 fully saturated rings. The van der Waals surface area contributed by atoms with E-state index in [1.54, 1.807) is 13.1 Å². The number of halogens is 1. The van der Waals surface area contributed by atoms with Gasteiger partial charge < -0.3 is 20.1 Å². The van der Waals surface area contributed by atoms with Gasteiger partial charge in [-0.1, -0.05) is 6.07 Å². The van der Waals surface area contributed by atoms with Crippen LogP contribution in [0.1, 0.15) is 10.4 Å². The number of morpholine rings is 1. The van der Waals surface area contributed by atoms with Crippen molar-refractivity contribution >= 4 is 11.6 Å². The molecule has 0 aromatic heterocycles. The van der Waals surface area contributed by atoms with E-state index < -0.39 is 5.82 Å². The smallest absolute Gasteiger partial charge is 0.256 e. The normalized spacial score (nSPS) is 19.3. The van der Waals surface area contributed by atoms with Gasteiger partial charge in [0.1, 0.15) is 5.82 Å². The highest BCUT2D eigenvalue weighted by Crippen LogP contribution is 2.22. The van der Waals surface area contributed by atoms with Gasteiger partial charge in [-0.05, 0) is 12.1 Å². The van der Waals surface area contributed by atoms with Crippen LogP contribution < -0.4 is 5.32 Å². The van der Waals surface area contributed by atoms with Crippen LogP contribution in [0, 0.1) is 5.82 Å². The summed E-state index contributed by atoms with van der Waals surface area (Å²) in [7, 11) is 1.57. The summed E-state index contributed by atoms with van der Waals surface area (Å²) in [5, 5.41) is 12.0. The Morgan fingerprint density at radius 2 is 2.42 bits per heavy atom. The van der Waals surface area contributed by atoms with Crippen LogP contribution in [-0.2, 0) is 4.74 Å². The number of carbonyl (C=O) groups is 1. The molecule has 0 radical (unpaired) electrons. The lowest BCUT2D eigenvalue weighted by atomic mass is 10.1. The number of anilines is 1. The second-order valence-corrected chi connectivity index (χ2v) is 4.32. The van der Waals surface area contributed by atoms with E-state index in [0.29, 0.717) is 19.8 Å². The molecule has 1 aliphatic rings. The maximum atomic E-state index is 13.6. The molecule has 0 aliphatic carbocycles. The summed E-state index contributed by atoms with van der Waals surface area (Å²) in [5.41, 5.74) is 0.443. The minimum absolute atomic E-state index is 0.171. The van der Waals surface area contributed by atoms with Gasteiger partial charge in [-0.25, -0.2) is 4.39 Å². The van der Waals surface area contributed by atoms with E-state index in [-0.39, 0.29) is 29.8 Å². The molecular weight excluding hydrogens is 251 g/mol. The number of para-hydroxylation sites is 1. The molecule has 1 heterocycles. The molecule has 1 aromatic carbocycles. The molecule has 1 amide bonds. The molecule has 0 bridgehead atoms. The minimum atomic E-state index is -0.470. The summed E-state index contributed by atoms with van der Waals surface area (Å²) in [5.74, 6) is -0.770. The molecule has 1 unspecified atom stereocenters. The Hall–Kier alpha value is -1.66. The molecule has 1 aliphatic heterocycles. The maximum Gasteiger partial charge on any atom is 0.256 e. The van der Waals surface area contributed by atoms with Crippen LogP contribution in [0.15, 0.2) is 18.2 Å². The van der Waals surface area contributed by atoms with Crippen LogP contribution in [0.2, 0.25) is 0 Å². The minimum Gasteiger partial charge on any atom is -0.394 e. The van der Waals surface area contributed by atoms with Crippen molar-refractivity contribution in [2.45, 2.75) is 6.04 Å². The fraction of sp³-hybridized carbons (Fsp3) is 0.462. The number of hydrogen-bond donors (Lipinski definition) is 2. The van der Waals surface area contributed by atoms with Crippen LogP contribution in [-0.4, -0.2) is 55.4 Å². The quantitative estimate of drug-likeness (QED) is 0.847. The summed E-state index contributed by atoms with van der Waals surface area (Å²) >= 11 is 0. The first kappa shape index (κ1) is 13.8. The maximum absolute atomic E-state index is 13.6. The summed E-state index contributed by atoms with van der Waals surface area (Å²) in [6.07, 6.45) is 0. The average Bonchev–Trinajstić information content (AvgIpc) is 2.46. The monoisotopic (exact) mass is 268 g/mol. The van der Waals surface area contributed by atoms with Crippen LogP contribution in [0.3, 0.4) is 0 Å². The second-order valence-electron chi connectivity index (χ2n) is 4.32. The Kier molecular flexibility index (Phi) is 4.34. The lowest BCUT2D eigenvalue weighted by molar-refractivity contribution is -0.0183. The Morgan fingerprint density at radius 3 is 3.11 bits per heavy atom. The van der Waals surface area contributed by atoms with Crippen LogP contribution >= 0.6 is 0 Å². The highest BCUT2D eigenvalue weighted by Gasteiger charge is 2.29. The SMILES string of the molecule is CNc1c(F)cccc1C(=O)N1CCOCC1CO. The van der Waals surface area contributed by atoms with Crippen LogP contribution in [0.4, 0.5) is 10.1 Å². The van der Waals surface area contributed by atoms with E-state index in [4.69, 9.17) is 4.74 Å². The summed E-state index contributed by atoms with van der Waals surface area (Å²) in [4.78, 5) is 14.0. The molecule has 6 heteroatoms. The molecule has 0 saturated carbocycles. The Labute approximate surface area is 111 Å². The summed E-state index contributed by atoms with van der Waals surface area (Å²) in [6.45, 7) is 0.943. The first-order chi connectivity index (χ1) is 9.19. The van der Waals surface area contributed by atoms with Gasteiger partial charge in [0.15, 0.2) is 0 Å². The number of amides is 1. The van der Waals surface area contributed by atoms with E-state index in [1.807, 2.05) is 0 Å². The van der Waals surface area contributed by atoms with Crippen molar-refractivity contribution in [3.8, 4) is 0 Å². The van der Waals surface area contributed by atoms with Crippen LogP contribution in [0.5, 0.6) is 0 Å². The predicted octanol–water partition coefficient (Wildman–Crippen LogP) is 0.701. The van der Waals surface area contributed by atoms with Crippen molar-refractivity contribution < 1.29 is 19.0 Å². The van der Waals surface area contributed by atoms with E-state index in [1.165, 1.54) is 17.0 Å². The number of hydrogen-bond acceptors (Lipinski definition) is 4. The predicted molar refractivity (Wildman–Crippen MR) is 68.7 cm³/mol. The third-order valence-electron chi connectivity index (χ3n) is 3.19. The summed E-state index contributed by atoms with van der Waals surface area (Å²) in [6, 6.07) is 3.99. The fourth-order valence-corrected chi connectivity index (χ4v) is 2.18. The number of rotatable bonds is 3. The van der Waals surface area contributed by atoms with Crippen molar-refractivity contribution in [2.75, 3.05) is 38.7 Å². The molecular formula is C13H17FN2O3. The molecule has 2 rings (SSSR count). The van der Waals surface area contributed by atoms with Gasteiger partial charge in [0, 0.05) is 13.6 Å². The summed E-state index contributed by atoms with van der Waals surface area (Å²) < 4.78 is 18.9. The molecule has 5 nitrogen and oxygen atoms in total. The van der Waals surface area contributed by atoms with Gasteiger partial charge in [0.2, 0.25) is 0 Å². The number of ether oxygens (including phenoxy) is 1. The number of carbonyl (C=O) groups excluding carboxylic acids is 1. The zero-order valence-corrected chi connectivity index (χ0v) is 10.7. The van der Waals surface area contributed by atoms with E-state index in [0.717, 1.165) is 0 Å². The van der Waals surface area contributed by atoms with Gasteiger partial charge in [-0.3, -0.25) is 4.79 Å². The van der Waals surface area contributed by atoms with Crippen molar-refractivity contribution in [3.63, 3.8) is 0 Å². The zero-order chi connectivity index (χ0) is 13.8. The standard InChI is InChI=1S/C13H17FN2O3/c1-15-12-10(3-2-4-11(12)14)13(18)16-5-6-19-8-9(16)7-17/h2-4,9,15,17H,5-8H2,1H3. The van der Waals surface area contributed by atoms with E-state index >= 15 is 0 Å². The van der Waals surface area contributed by atoms with Gasteiger partial charge in [0.05, 0.1) is 37.1 Å². The number of aliphatic hydroxyl groups is 1. The van der Waals surface area contributed by atoms with Gasteiger partial charge in [-0.2, -0.15) is 0 Å². The number of nitrogens with one attached hydrogen (secondary N) is 1. The fourth-order valence-electron chi connectivity index (χ4n) is 2.18. The highest BCUT2D eigenvalue weighted by atomic mass is 19.1.